The first-order chi connectivity index (χ1) is 7.37. The number of hydrogen-bond acceptors (Lipinski definition) is 4. The molecular formula is C10H18N4O2. The molecule has 0 saturated heterocycles. The molecule has 6 nitrogen and oxygen atoms in total. The normalized spacial score (nSPS) is 13.2. The van der Waals surface area contributed by atoms with Gasteiger partial charge in [-0.05, 0) is 27.7 Å². The predicted octanol–water partition coefficient (Wildman–Crippen LogP) is 1.19. The van der Waals surface area contributed by atoms with Crippen molar-refractivity contribution in [1.82, 2.24) is 20.3 Å². The summed E-state index contributed by atoms with van der Waals surface area (Å²) in [5.41, 5.74) is -0.291. The molecule has 1 aromatic rings. The maximum Gasteiger partial charge on any atom is 0.407 e. The van der Waals surface area contributed by atoms with Crippen LogP contribution in [0.3, 0.4) is 0 Å². The van der Waals surface area contributed by atoms with Gasteiger partial charge in [0.25, 0.3) is 0 Å². The number of rotatable bonds is 3. The molecular weight excluding hydrogens is 208 g/mol. The molecule has 0 radical (unpaired) electrons. The molecule has 1 atom stereocenters. The summed E-state index contributed by atoms with van der Waals surface area (Å²) in [7, 11) is 0. The summed E-state index contributed by atoms with van der Waals surface area (Å²) in [5, 5.41) is 10.6. The van der Waals surface area contributed by atoms with Gasteiger partial charge in [-0.15, -0.1) is 0 Å². The summed E-state index contributed by atoms with van der Waals surface area (Å²) < 4.78 is 5.15. The third-order valence-electron chi connectivity index (χ3n) is 1.67. The Hall–Kier alpha value is -1.59. The maximum absolute atomic E-state index is 11.4. The Labute approximate surface area is 95.0 Å². The molecule has 0 fully saturated rings. The second-order valence-electron chi connectivity index (χ2n) is 4.67. The highest BCUT2D eigenvalue weighted by Crippen LogP contribution is 2.01. The first-order valence-corrected chi connectivity index (χ1v) is 5.20. The van der Waals surface area contributed by atoms with Crippen molar-refractivity contribution in [3.63, 3.8) is 0 Å². The second kappa shape index (κ2) is 4.96. The molecule has 0 unspecified atom stereocenters. The van der Waals surface area contributed by atoms with Crippen LogP contribution in [0, 0.1) is 0 Å². The summed E-state index contributed by atoms with van der Waals surface area (Å²) in [6, 6.07) is 0. The van der Waals surface area contributed by atoms with Crippen LogP contribution >= 0.6 is 0 Å². The highest BCUT2D eigenvalue weighted by Gasteiger charge is 2.17. The molecule has 1 heterocycles. The highest BCUT2D eigenvalue weighted by molar-refractivity contribution is 5.68. The lowest BCUT2D eigenvalue weighted by Crippen LogP contribution is -2.42. The molecule has 1 rings (SSSR count). The molecule has 6 heteroatoms. The van der Waals surface area contributed by atoms with E-state index in [1.807, 2.05) is 20.8 Å². The Morgan fingerprint density at radius 1 is 1.44 bits per heavy atom. The number of alkyl carbamates (subject to hydrolysis) is 1. The van der Waals surface area contributed by atoms with Crippen LogP contribution in [0.25, 0.3) is 0 Å². The molecule has 0 bridgehead atoms. The molecule has 0 aliphatic heterocycles. The number of carbonyl (C=O) groups is 1. The Morgan fingerprint density at radius 3 is 2.50 bits per heavy atom. The van der Waals surface area contributed by atoms with Crippen LogP contribution < -0.4 is 5.32 Å². The Balaban J connectivity index is 2.34. The smallest absolute Gasteiger partial charge is 0.407 e. The number of hydrogen-bond donors (Lipinski definition) is 1. The number of aromatic nitrogens is 3. The Bertz CT molecular complexity index is 329. The van der Waals surface area contributed by atoms with Crippen LogP contribution in [0.5, 0.6) is 0 Å². The molecule has 0 aliphatic rings. The Kier molecular flexibility index (Phi) is 3.87. The SMILES string of the molecule is C[C@@H](Cn1nccn1)OC(=O)NC(C)(C)C. The molecule has 0 aliphatic carbocycles. The van der Waals surface area contributed by atoms with Crippen LogP contribution in [0.2, 0.25) is 0 Å². The fourth-order valence-corrected chi connectivity index (χ4v) is 1.12. The molecule has 0 spiro atoms. The number of carbonyl (C=O) groups excluding carboxylic acids is 1. The van der Waals surface area contributed by atoms with Gasteiger partial charge in [0.2, 0.25) is 0 Å². The van der Waals surface area contributed by atoms with Crippen molar-refractivity contribution in [1.29, 1.82) is 0 Å². The molecule has 1 amide bonds. The summed E-state index contributed by atoms with van der Waals surface area (Å²) in [5.74, 6) is 0. The van der Waals surface area contributed by atoms with Gasteiger partial charge in [-0.2, -0.15) is 15.0 Å². The summed E-state index contributed by atoms with van der Waals surface area (Å²) >= 11 is 0. The van der Waals surface area contributed by atoms with E-state index in [9.17, 15) is 4.79 Å². The lowest BCUT2D eigenvalue weighted by Gasteiger charge is -2.21. The highest BCUT2D eigenvalue weighted by atomic mass is 16.6. The van der Waals surface area contributed by atoms with E-state index in [2.05, 4.69) is 15.5 Å². The van der Waals surface area contributed by atoms with E-state index in [-0.39, 0.29) is 11.6 Å². The van der Waals surface area contributed by atoms with E-state index in [1.165, 1.54) is 4.80 Å². The quantitative estimate of drug-likeness (QED) is 0.840. The van der Waals surface area contributed by atoms with E-state index in [0.29, 0.717) is 6.54 Å². The van der Waals surface area contributed by atoms with Gasteiger partial charge in [-0.25, -0.2) is 4.79 Å². The minimum Gasteiger partial charge on any atom is -0.444 e. The van der Waals surface area contributed by atoms with Gasteiger partial charge in [0, 0.05) is 5.54 Å². The van der Waals surface area contributed by atoms with Crippen molar-refractivity contribution < 1.29 is 9.53 Å². The molecule has 0 aromatic carbocycles. The zero-order valence-electron chi connectivity index (χ0n) is 10.1. The van der Waals surface area contributed by atoms with Gasteiger partial charge >= 0.3 is 6.09 Å². The zero-order valence-corrected chi connectivity index (χ0v) is 10.1. The number of nitrogens with one attached hydrogen (secondary N) is 1. The van der Waals surface area contributed by atoms with Crippen molar-refractivity contribution in [2.24, 2.45) is 0 Å². The van der Waals surface area contributed by atoms with Gasteiger partial charge in [0.1, 0.15) is 6.10 Å². The third-order valence-corrected chi connectivity index (χ3v) is 1.67. The van der Waals surface area contributed by atoms with Crippen LogP contribution in [0.1, 0.15) is 27.7 Å². The van der Waals surface area contributed by atoms with Crippen molar-refractivity contribution in [3.8, 4) is 0 Å². The van der Waals surface area contributed by atoms with E-state index in [4.69, 9.17) is 4.74 Å². The van der Waals surface area contributed by atoms with Crippen LogP contribution in [0.4, 0.5) is 4.79 Å². The van der Waals surface area contributed by atoms with E-state index < -0.39 is 6.09 Å². The fraction of sp³-hybridized carbons (Fsp3) is 0.700. The van der Waals surface area contributed by atoms with Gasteiger partial charge < -0.3 is 10.1 Å². The predicted molar refractivity (Wildman–Crippen MR) is 58.9 cm³/mol. The van der Waals surface area contributed by atoms with Crippen molar-refractivity contribution in [2.45, 2.75) is 45.9 Å². The first kappa shape index (κ1) is 12.5. The van der Waals surface area contributed by atoms with E-state index in [1.54, 1.807) is 19.3 Å². The molecule has 0 saturated carbocycles. The average molecular weight is 226 g/mol. The first-order valence-electron chi connectivity index (χ1n) is 5.20. The molecule has 90 valence electrons. The minimum atomic E-state index is -0.424. The zero-order chi connectivity index (χ0) is 12.2. The number of amides is 1. The summed E-state index contributed by atoms with van der Waals surface area (Å²) in [6.45, 7) is 7.94. The summed E-state index contributed by atoms with van der Waals surface area (Å²) in [6.07, 6.45) is 2.48. The van der Waals surface area contributed by atoms with E-state index in [0.717, 1.165) is 0 Å². The van der Waals surface area contributed by atoms with Crippen LogP contribution in [0.15, 0.2) is 12.4 Å². The minimum absolute atomic E-state index is 0.269. The third kappa shape index (κ3) is 4.77. The van der Waals surface area contributed by atoms with Gasteiger partial charge in [-0.3, -0.25) is 0 Å². The van der Waals surface area contributed by atoms with Crippen LogP contribution in [-0.2, 0) is 11.3 Å². The van der Waals surface area contributed by atoms with Crippen molar-refractivity contribution >= 4 is 6.09 Å². The van der Waals surface area contributed by atoms with E-state index >= 15 is 0 Å². The molecule has 16 heavy (non-hydrogen) atoms. The topological polar surface area (TPSA) is 69.0 Å². The van der Waals surface area contributed by atoms with Gasteiger partial charge in [0.05, 0.1) is 18.9 Å². The summed E-state index contributed by atoms with van der Waals surface area (Å²) in [4.78, 5) is 12.9. The standard InChI is InChI=1S/C10H18N4O2/c1-8(7-14-11-5-6-12-14)16-9(15)13-10(2,3)4/h5-6,8H,7H2,1-4H3,(H,13,15)/t8-/m0/s1. The molecule has 1 N–H and O–H groups in total. The lowest BCUT2D eigenvalue weighted by atomic mass is 10.1. The monoisotopic (exact) mass is 226 g/mol. The fourth-order valence-electron chi connectivity index (χ4n) is 1.12. The lowest BCUT2D eigenvalue weighted by molar-refractivity contribution is 0.0868. The Morgan fingerprint density at radius 2 is 2.00 bits per heavy atom. The number of ether oxygens (including phenoxy) is 1. The molecule has 1 aromatic heterocycles. The van der Waals surface area contributed by atoms with Crippen molar-refractivity contribution in [2.75, 3.05) is 0 Å². The van der Waals surface area contributed by atoms with Gasteiger partial charge in [-0.1, -0.05) is 0 Å². The number of nitrogens with zero attached hydrogens (tertiary/aromatic N) is 3. The average Bonchev–Trinajstić information content (AvgIpc) is 2.51. The maximum atomic E-state index is 11.4. The van der Waals surface area contributed by atoms with Crippen molar-refractivity contribution in [3.05, 3.63) is 12.4 Å². The van der Waals surface area contributed by atoms with Crippen LogP contribution in [-0.4, -0.2) is 32.7 Å². The second-order valence-corrected chi connectivity index (χ2v) is 4.67. The van der Waals surface area contributed by atoms with Gasteiger partial charge in [0.15, 0.2) is 0 Å². The largest absolute Gasteiger partial charge is 0.444 e.